The lowest BCUT2D eigenvalue weighted by Gasteiger charge is -2.21. The highest BCUT2D eigenvalue weighted by atomic mass is 16.6. The third-order valence-electron chi connectivity index (χ3n) is 2.68. The van der Waals surface area contributed by atoms with Crippen molar-refractivity contribution in [3.8, 4) is 0 Å². The average molecular weight is 270 g/mol. The molecule has 1 heterocycles. The summed E-state index contributed by atoms with van der Waals surface area (Å²) in [6.07, 6.45) is 2.12. The minimum absolute atomic E-state index is 0.140. The molecule has 1 saturated heterocycles. The lowest BCUT2D eigenvalue weighted by molar-refractivity contribution is -0.155. The molecule has 0 radical (unpaired) electrons. The van der Waals surface area contributed by atoms with Crippen molar-refractivity contribution < 1.29 is 19.1 Å². The topological polar surface area (TPSA) is 84.5 Å². The quantitative estimate of drug-likeness (QED) is 0.549. The smallest absolute Gasteiger partial charge is 0.308 e. The van der Waals surface area contributed by atoms with Crippen LogP contribution in [0.4, 0.5) is 0 Å². The van der Waals surface area contributed by atoms with E-state index in [1.807, 2.05) is 0 Å². The summed E-state index contributed by atoms with van der Waals surface area (Å²) in [6.45, 7) is 6.06. The van der Waals surface area contributed by atoms with E-state index in [2.05, 4.69) is 10.6 Å². The molecule has 6 heteroatoms. The highest BCUT2D eigenvalue weighted by Crippen LogP contribution is 2.09. The zero-order valence-corrected chi connectivity index (χ0v) is 11.7. The molecule has 1 aliphatic rings. The zero-order chi connectivity index (χ0) is 14.5. The van der Waals surface area contributed by atoms with E-state index < -0.39 is 17.6 Å². The van der Waals surface area contributed by atoms with E-state index in [4.69, 9.17) is 4.74 Å². The molecule has 0 spiro atoms. The molecule has 2 N–H and O–H groups in total. The Labute approximate surface area is 113 Å². The van der Waals surface area contributed by atoms with Crippen LogP contribution in [-0.2, 0) is 19.1 Å². The van der Waals surface area contributed by atoms with E-state index in [1.165, 1.54) is 0 Å². The van der Waals surface area contributed by atoms with Crippen molar-refractivity contribution in [2.24, 2.45) is 0 Å². The molecule has 0 aromatic rings. The fourth-order valence-corrected chi connectivity index (χ4v) is 1.89. The number of esters is 1. The molecule has 0 unspecified atom stereocenters. The van der Waals surface area contributed by atoms with Gasteiger partial charge in [-0.2, -0.15) is 0 Å². The largest absolute Gasteiger partial charge is 0.460 e. The molecule has 108 valence electrons. The van der Waals surface area contributed by atoms with Gasteiger partial charge in [0.2, 0.25) is 5.91 Å². The number of carbonyl (C=O) groups is 3. The first-order valence-electron chi connectivity index (χ1n) is 6.53. The number of hydrogen-bond acceptors (Lipinski definition) is 5. The summed E-state index contributed by atoms with van der Waals surface area (Å²) in [5.41, 5.74) is -0.596. The lowest BCUT2D eigenvalue weighted by atomic mass is 10.1. The van der Waals surface area contributed by atoms with Gasteiger partial charge in [-0.1, -0.05) is 0 Å². The summed E-state index contributed by atoms with van der Waals surface area (Å²) in [5.74, 6) is -0.734. The second-order valence-electron chi connectivity index (χ2n) is 5.69. The Morgan fingerprint density at radius 2 is 2.16 bits per heavy atom. The SMILES string of the molecule is CC(C)(C)OC(=O)C[C@@H](C=O)NC(=O)[C@@H]1CCCN1. The Morgan fingerprint density at radius 3 is 2.63 bits per heavy atom. The Kier molecular flexibility index (Phi) is 5.47. The minimum atomic E-state index is -0.829. The highest BCUT2D eigenvalue weighted by Gasteiger charge is 2.26. The van der Waals surface area contributed by atoms with Crippen molar-refractivity contribution >= 4 is 18.2 Å². The average Bonchev–Trinajstić information content (AvgIpc) is 2.78. The van der Waals surface area contributed by atoms with Crippen molar-refractivity contribution in [2.75, 3.05) is 6.54 Å². The standard InChI is InChI=1S/C13H22N2O4/c1-13(2,3)19-11(17)7-9(8-16)15-12(18)10-5-4-6-14-10/h8-10,14H,4-7H2,1-3H3,(H,15,18)/t9-,10-/m0/s1. The fourth-order valence-electron chi connectivity index (χ4n) is 1.89. The second kappa shape index (κ2) is 6.65. The molecule has 0 bridgehead atoms. The number of carbonyl (C=O) groups excluding carboxylic acids is 3. The van der Waals surface area contributed by atoms with Crippen LogP contribution in [0.5, 0.6) is 0 Å². The van der Waals surface area contributed by atoms with E-state index in [1.54, 1.807) is 20.8 Å². The lowest BCUT2D eigenvalue weighted by Crippen LogP contribution is -2.46. The van der Waals surface area contributed by atoms with Gasteiger partial charge in [-0.05, 0) is 40.2 Å². The van der Waals surface area contributed by atoms with Gasteiger partial charge in [0.15, 0.2) is 0 Å². The number of rotatable bonds is 5. The van der Waals surface area contributed by atoms with Gasteiger partial charge in [0.25, 0.3) is 0 Å². The molecule has 1 aliphatic heterocycles. The van der Waals surface area contributed by atoms with Crippen LogP contribution in [0.2, 0.25) is 0 Å². The van der Waals surface area contributed by atoms with E-state index in [-0.39, 0.29) is 18.4 Å². The van der Waals surface area contributed by atoms with E-state index in [9.17, 15) is 14.4 Å². The number of aldehydes is 1. The normalized spacial score (nSPS) is 20.7. The van der Waals surface area contributed by atoms with Gasteiger partial charge in [-0.15, -0.1) is 0 Å². The van der Waals surface area contributed by atoms with Crippen LogP contribution in [-0.4, -0.2) is 42.4 Å². The third kappa shape index (κ3) is 5.83. The molecule has 0 aliphatic carbocycles. The maximum Gasteiger partial charge on any atom is 0.308 e. The van der Waals surface area contributed by atoms with Crippen LogP contribution < -0.4 is 10.6 Å². The van der Waals surface area contributed by atoms with E-state index in [0.717, 1.165) is 19.4 Å². The summed E-state index contributed by atoms with van der Waals surface area (Å²) in [4.78, 5) is 34.3. The van der Waals surface area contributed by atoms with Crippen molar-refractivity contribution in [2.45, 2.75) is 57.7 Å². The number of hydrogen-bond donors (Lipinski definition) is 2. The summed E-state index contributed by atoms with van der Waals surface area (Å²) in [5, 5.41) is 5.59. The number of amides is 1. The van der Waals surface area contributed by atoms with Crippen LogP contribution in [0, 0.1) is 0 Å². The van der Waals surface area contributed by atoms with Crippen molar-refractivity contribution in [1.82, 2.24) is 10.6 Å². The molecule has 0 aromatic carbocycles. The van der Waals surface area contributed by atoms with Gasteiger partial charge < -0.3 is 20.2 Å². The maximum absolute atomic E-state index is 11.8. The van der Waals surface area contributed by atoms with Crippen LogP contribution in [0.25, 0.3) is 0 Å². The molecule has 19 heavy (non-hydrogen) atoms. The molecule has 0 saturated carbocycles. The van der Waals surface area contributed by atoms with Crippen LogP contribution in [0.15, 0.2) is 0 Å². The molecular weight excluding hydrogens is 248 g/mol. The summed E-state index contributed by atoms with van der Waals surface area (Å²) in [7, 11) is 0. The Hall–Kier alpha value is -1.43. The van der Waals surface area contributed by atoms with Gasteiger partial charge in [-0.25, -0.2) is 0 Å². The summed E-state index contributed by atoms with van der Waals surface area (Å²) >= 11 is 0. The molecule has 0 aromatic heterocycles. The number of ether oxygens (including phenoxy) is 1. The summed E-state index contributed by atoms with van der Waals surface area (Å²) < 4.78 is 5.11. The minimum Gasteiger partial charge on any atom is -0.460 e. The van der Waals surface area contributed by atoms with Gasteiger partial charge >= 0.3 is 5.97 Å². The van der Waals surface area contributed by atoms with Crippen LogP contribution in [0.3, 0.4) is 0 Å². The second-order valence-corrected chi connectivity index (χ2v) is 5.69. The molecule has 2 atom stereocenters. The van der Waals surface area contributed by atoms with Gasteiger partial charge in [0.1, 0.15) is 11.9 Å². The first-order chi connectivity index (χ1) is 8.81. The maximum atomic E-state index is 11.8. The summed E-state index contributed by atoms with van der Waals surface area (Å²) in [6, 6.07) is -1.09. The monoisotopic (exact) mass is 270 g/mol. The molecule has 6 nitrogen and oxygen atoms in total. The predicted octanol–water partition coefficient (Wildman–Crippen LogP) is 0.154. The Balaban J connectivity index is 2.42. The van der Waals surface area contributed by atoms with E-state index >= 15 is 0 Å². The Morgan fingerprint density at radius 1 is 1.47 bits per heavy atom. The van der Waals surface area contributed by atoms with Gasteiger partial charge in [0, 0.05) is 0 Å². The first-order valence-corrected chi connectivity index (χ1v) is 6.53. The first kappa shape index (κ1) is 15.6. The third-order valence-corrected chi connectivity index (χ3v) is 2.68. The Bertz CT molecular complexity index is 343. The molecular formula is C13H22N2O4. The van der Waals surface area contributed by atoms with E-state index in [0.29, 0.717) is 6.29 Å². The van der Waals surface area contributed by atoms with Crippen molar-refractivity contribution in [3.63, 3.8) is 0 Å². The van der Waals surface area contributed by atoms with Crippen LogP contribution in [0.1, 0.15) is 40.0 Å². The molecule has 1 fully saturated rings. The van der Waals surface area contributed by atoms with Crippen molar-refractivity contribution in [1.29, 1.82) is 0 Å². The van der Waals surface area contributed by atoms with Gasteiger partial charge in [0.05, 0.1) is 18.5 Å². The van der Waals surface area contributed by atoms with Crippen LogP contribution >= 0.6 is 0 Å². The molecule has 1 rings (SSSR count). The fraction of sp³-hybridized carbons (Fsp3) is 0.769. The zero-order valence-electron chi connectivity index (χ0n) is 11.7. The molecule has 1 amide bonds. The van der Waals surface area contributed by atoms with Crippen molar-refractivity contribution in [3.05, 3.63) is 0 Å². The predicted molar refractivity (Wildman–Crippen MR) is 69.5 cm³/mol. The number of nitrogens with one attached hydrogen (secondary N) is 2. The highest BCUT2D eigenvalue weighted by molar-refractivity contribution is 5.86. The van der Waals surface area contributed by atoms with Gasteiger partial charge in [-0.3, -0.25) is 9.59 Å².